The molecule has 2 aromatic heterocycles. The van der Waals surface area contributed by atoms with Crippen molar-refractivity contribution in [3.05, 3.63) is 118 Å². The molecule has 3 aromatic carbocycles. The Bertz CT molecular complexity index is 1860. The van der Waals surface area contributed by atoms with E-state index >= 15 is 4.39 Å². The molecule has 0 amide bonds. The smallest absolute Gasteiger partial charge is 0.335 e. The second kappa shape index (κ2) is 11.4. The van der Waals surface area contributed by atoms with Gasteiger partial charge in [0, 0.05) is 30.2 Å². The number of carboxylic acid groups (broad SMARTS) is 1. The van der Waals surface area contributed by atoms with E-state index in [0.29, 0.717) is 52.4 Å². The number of halogens is 2. The van der Waals surface area contributed by atoms with E-state index < -0.39 is 17.6 Å². The van der Waals surface area contributed by atoms with Crippen molar-refractivity contribution >= 4 is 22.7 Å². The molecule has 0 unspecified atom stereocenters. The first-order valence-electron chi connectivity index (χ1n) is 13.3. The molecule has 1 N–H and O–H groups in total. The van der Waals surface area contributed by atoms with Crippen LogP contribution in [-0.2, 0) is 24.3 Å². The Kier molecular flexibility index (Phi) is 7.33. The summed E-state index contributed by atoms with van der Waals surface area (Å²) in [6.45, 7) is 8.09. The maximum Gasteiger partial charge on any atom is 0.335 e. The molecule has 8 nitrogen and oxygen atoms in total. The summed E-state index contributed by atoms with van der Waals surface area (Å²) in [7, 11) is 0. The molecule has 0 aliphatic carbocycles. The highest BCUT2D eigenvalue weighted by molar-refractivity contribution is 5.92. The van der Waals surface area contributed by atoms with Gasteiger partial charge in [0.25, 0.3) is 0 Å². The SMILES string of the molecule is [C-]#[N+]c1ccc(COc2cccc(-c3ccc(Cc4nc5ccc(C(=O)O)cc5n4C[C@@H]4CCO4)c(F)c3)n2)c(F)c1. The number of fused-ring (bicyclic) bond motifs is 1. The monoisotopic (exact) mass is 566 g/mol. The number of aromatic carboxylic acids is 1. The van der Waals surface area contributed by atoms with Gasteiger partial charge in [0.05, 0.1) is 41.5 Å². The zero-order valence-electron chi connectivity index (χ0n) is 22.3. The molecule has 1 atom stereocenters. The van der Waals surface area contributed by atoms with Crippen LogP contribution in [0, 0.1) is 18.2 Å². The van der Waals surface area contributed by atoms with Crippen molar-refractivity contribution in [3.63, 3.8) is 0 Å². The number of hydrogen-bond acceptors (Lipinski definition) is 5. The number of imidazole rings is 1. The third-order valence-corrected chi connectivity index (χ3v) is 7.22. The first kappa shape index (κ1) is 27.1. The van der Waals surface area contributed by atoms with Crippen molar-refractivity contribution in [1.29, 1.82) is 0 Å². The predicted octanol–water partition coefficient (Wildman–Crippen LogP) is 6.58. The van der Waals surface area contributed by atoms with Gasteiger partial charge in [-0.1, -0.05) is 30.3 Å². The lowest BCUT2D eigenvalue weighted by Crippen LogP contribution is -2.31. The molecule has 0 bridgehead atoms. The summed E-state index contributed by atoms with van der Waals surface area (Å²) in [6.07, 6.45) is 1.08. The highest BCUT2D eigenvalue weighted by Gasteiger charge is 2.23. The van der Waals surface area contributed by atoms with Crippen LogP contribution < -0.4 is 4.74 Å². The van der Waals surface area contributed by atoms with Crippen molar-refractivity contribution in [2.24, 2.45) is 0 Å². The van der Waals surface area contributed by atoms with E-state index in [1.54, 1.807) is 42.5 Å². The molecule has 0 radical (unpaired) electrons. The van der Waals surface area contributed by atoms with Gasteiger partial charge in [0.15, 0.2) is 5.69 Å². The standard InChI is InChI=1S/C32H24F2N4O4/c1-35-23-9-7-22(26(34)16-23)18-42-31-4-2-3-27(37-31)20-6-5-19(25(33)13-20)15-30-36-28-10-8-21(32(39)40)14-29(28)38(30)17-24-11-12-41-24/h2-10,13-14,16,24H,11-12,15,17-18H2,(H,39,40)/t24-/m0/s1. The summed E-state index contributed by atoms with van der Waals surface area (Å²) >= 11 is 0. The molecule has 1 aliphatic rings. The lowest BCUT2D eigenvalue weighted by molar-refractivity contribution is -0.0589. The van der Waals surface area contributed by atoms with E-state index in [9.17, 15) is 14.3 Å². The summed E-state index contributed by atoms with van der Waals surface area (Å²) in [5.74, 6) is -1.14. The van der Waals surface area contributed by atoms with Crippen LogP contribution in [0.3, 0.4) is 0 Å². The fourth-order valence-corrected chi connectivity index (χ4v) is 4.83. The van der Waals surface area contributed by atoms with Gasteiger partial charge in [-0.15, -0.1) is 0 Å². The largest absolute Gasteiger partial charge is 0.478 e. The van der Waals surface area contributed by atoms with Gasteiger partial charge in [0.2, 0.25) is 5.88 Å². The van der Waals surface area contributed by atoms with E-state index in [0.717, 1.165) is 12.5 Å². The maximum absolute atomic E-state index is 15.4. The minimum Gasteiger partial charge on any atom is -0.478 e. The topological polar surface area (TPSA) is 90.8 Å². The van der Waals surface area contributed by atoms with Crippen LogP contribution in [0.4, 0.5) is 14.5 Å². The van der Waals surface area contributed by atoms with Crippen LogP contribution in [0.1, 0.15) is 33.7 Å². The maximum atomic E-state index is 15.4. The summed E-state index contributed by atoms with van der Waals surface area (Å²) in [5.41, 5.74) is 3.40. The molecule has 42 heavy (non-hydrogen) atoms. The number of carboxylic acids is 1. The number of pyridine rings is 1. The Balaban J connectivity index is 1.23. The van der Waals surface area contributed by atoms with Gasteiger partial charge in [-0.2, -0.15) is 0 Å². The number of benzene rings is 3. The van der Waals surface area contributed by atoms with Crippen LogP contribution >= 0.6 is 0 Å². The fraction of sp³-hybridized carbons (Fsp3) is 0.188. The first-order valence-corrected chi connectivity index (χ1v) is 13.3. The van der Waals surface area contributed by atoms with E-state index in [2.05, 4.69) is 9.83 Å². The van der Waals surface area contributed by atoms with Crippen molar-refractivity contribution in [2.75, 3.05) is 6.61 Å². The molecular formula is C32H24F2N4O4. The van der Waals surface area contributed by atoms with Gasteiger partial charge < -0.3 is 19.1 Å². The van der Waals surface area contributed by atoms with Gasteiger partial charge in [0.1, 0.15) is 24.1 Å². The lowest BCUT2D eigenvalue weighted by atomic mass is 10.1. The second-order valence-corrected chi connectivity index (χ2v) is 9.95. The second-order valence-electron chi connectivity index (χ2n) is 9.95. The Labute approximate surface area is 239 Å². The van der Waals surface area contributed by atoms with E-state index in [1.165, 1.54) is 24.3 Å². The first-order chi connectivity index (χ1) is 20.4. The molecule has 0 saturated carbocycles. The van der Waals surface area contributed by atoms with Gasteiger partial charge in [-0.05, 0) is 48.4 Å². The van der Waals surface area contributed by atoms with Gasteiger partial charge in [-0.25, -0.2) is 28.4 Å². The lowest BCUT2D eigenvalue weighted by Gasteiger charge is -2.27. The molecule has 210 valence electrons. The van der Waals surface area contributed by atoms with Crippen LogP contribution in [0.5, 0.6) is 5.88 Å². The fourth-order valence-electron chi connectivity index (χ4n) is 4.83. The third-order valence-electron chi connectivity index (χ3n) is 7.22. The van der Waals surface area contributed by atoms with Gasteiger partial charge in [-0.3, -0.25) is 0 Å². The van der Waals surface area contributed by atoms with Crippen molar-refractivity contribution < 1.29 is 28.2 Å². The average molecular weight is 567 g/mol. The number of hydrogen-bond donors (Lipinski definition) is 1. The van der Waals surface area contributed by atoms with Crippen LogP contribution in [-0.4, -0.2) is 38.3 Å². The van der Waals surface area contributed by atoms with Crippen LogP contribution in [0.25, 0.3) is 27.1 Å². The van der Waals surface area contributed by atoms with Gasteiger partial charge >= 0.3 is 5.97 Å². The zero-order valence-corrected chi connectivity index (χ0v) is 22.3. The minimum atomic E-state index is -1.03. The summed E-state index contributed by atoms with van der Waals surface area (Å²) in [4.78, 5) is 23.9. The number of ether oxygens (including phenoxy) is 2. The quantitative estimate of drug-likeness (QED) is 0.203. The molecule has 0 spiro atoms. The van der Waals surface area contributed by atoms with E-state index in [4.69, 9.17) is 21.0 Å². The molecule has 10 heteroatoms. The Morgan fingerprint density at radius 2 is 1.86 bits per heavy atom. The van der Waals surface area contributed by atoms with Crippen LogP contribution in [0.2, 0.25) is 0 Å². The van der Waals surface area contributed by atoms with Crippen molar-refractivity contribution in [1.82, 2.24) is 14.5 Å². The highest BCUT2D eigenvalue weighted by atomic mass is 19.1. The minimum absolute atomic E-state index is 0.00275. The number of aromatic nitrogens is 3. The van der Waals surface area contributed by atoms with E-state index in [-0.39, 0.29) is 36.3 Å². The van der Waals surface area contributed by atoms with Crippen LogP contribution in [0.15, 0.2) is 72.8 Å². The molecule has 1 aliphatic heterocycles. The Morgan fingerprint density at radius 1 is 1.05 bits per heavy atom. The molecular weight excluding hydrogens is 542 g/mol. The molecule has 3 heterocycles. The number of rotatable bonds is 9. The summed E-state index contributed by atoms with van der Waals surface area (Å²) in [5, 5.41) is 9.46. The average Bonchev–Trinajstić information content (AvgIpc) is 3.31. The summed E-state index contributed by atoms with van der Waals surface area (Å²) < 4.78 is 42.8. The number of nitrogens with zero attached hydrogens (tertiary/aromatic N) is 4. The molecule has 1 fully saturated rings. The Hall–Kier alpha value is -5.14. The molecule has 1 saturated heterocycles. The predicted molar refractivity (Wildman–Crippen MR) is 150 cm³/mol. The van der Waals surface area contributed by atoms with E-state index in [1.807, 2.05) is 4.57 Å². The highest BCUT2D eigenvalue weighted by Crippen LogP contribution is 2.27. The van der Waals surface area contributed by atoms with Crippen molar-refractivity contribution in [2.45, 2.75) is 32.1 Å². The Morgan fingerprint density at radius 3 is 2.57 bits per heavy atom. The summed E-state index contributed by atoms with van der Waals surface area (Å²) in [6, 6.07) is 18.9. The third kappa shape index (κ3) is 5.55. The molecule has 5 aromatic rings. The van der Waals surface area contributed by atoms with Crippen molar-refractivity contribution in [3.8, 4) is 17.1 Å². The normalized spacial score (nSPS) is 14.4. The molecule has 6 rings (SSSR count). The number of carbonyl (C=O) groups is 1. The zero-order chi connectivity index (χ0) is 29.2.